The van der Waals surface area contributed by atoms with Crippen LogP contribution >= 0.6 is 0 Å². The number of para-hydroxylation sites is 2. The van der Waals surface area contributed by atoms with Crippen LogP contribution in [0.15, 0.2) is 42.5 Å². The summed E-state index contributed by atoms with van der Waals surface area (Å²) in [6.07, 6.45) is 1.65. The molecule has 3 amide bonds. The molecule has 0 atom stereocenters. The number of likely N-dealkylation sites (tertiary alicyclic amines) is 1. The van der Waals surface area contributed by atoms with E-state index in [1.807, 2.05) is 24.3 Å². The zero-order chi connectivity index (χ0) is 22.2. The van der Waals surface area contributed by atoms with E-state index in [1.165, 1.54) is 7.11 Å². The Labute approximate surface area is 182 Å². The molecule has 1 heterocycles. The van der Waals surface area contributed by atoms with Gasteiger partial charge in [0.25, 0.3) is 5.91 Å². The summed E-state index contributed by atoms with van der Waals surface area (Å²) in [5.41, 5.74) is 1.17. The molecule has 3 rings (SSSR count). The predicted molar refractivity (Wildman–Crippen MR) is 118 cm³/mol. The lowest BCUT2D eigenvalue weighted by molar-refractivity contribution is 0.0938. The average Bonchev–Trinajstić information content (AvgIpc) is 2.82. The van der Waals surface area contributed by atoms with Gasteiger partial charge < -0.3 is 29.7 Å². The molecule has 1 saturated heterocycles. The third-order valence-electron chi connectivity index (χ3n) is 5.45. The molecule has 2 aromatic rings. The molecule has 0 unspecified atom stereocenters. The van der Waals surface area contributed by atoms with Crippen LogP contribution in [0.5, 0.6) is 17.2 Å². The van der Waals surface area contributed by atoms with Gasteiger partial charge in [0.1, 0.15) is 5.75 Å². The van der Waals surface area contributed by atoms with E-state index >= 15 is 0 Å². The van der Waals surface area contributed by atoms with Crippen LogP contribution in [-0.4, -0.2) is 57.8 Å². The van der Waals surface area contributed by atoms with Crippen molar-refractivity contribution in [3.05, 3.63) is 48.0 Å². The maximum atomic E-state index is 12.6. The van der Waals surface area contributed by atoms with Crippen molar-refractivity contribution in [2.45, 2.75) is 12.8 Å². The van der Waals surface area contributed by atoms with Gasteiger partial charge in [0.15, 0.2) is 11.5 Å². The molecule has 8 nitrogen and oxygen atoms in total. The summed E-state index contributed by atoms with van der Waals surface area (Å²) >= 11 is 0. The van der Waals surface area contributed by atoms with Crippen LogP contribution in [0.4, 0.5) is 10.5 Å². The van der Waals surface area contributed by atoms with Crippen LogP contribution in [0, 0.1) is 5.92 Å². The molecule has 2 aromatic carbocycles. The Bertz CT molecular complexity index is 910. The Kier molecular flexibility index (Phi) is 7.59. The first-order chi connectivity index (χ1) is 15.0. The van der Waals surface area contributed by atoms with Crippen molar-refractivity contribution < 1.29 is 23.8 Å². The number of urea groups is 1. The smallest absolute Gasteiger partial charge is 0.321 e. The number of rotatable bonds is 7. The van der Waals surface area contributed by atoms with Gasteiger partial charge in [0, 0.05) is 25.2 Å². The summed E-state index contributed by atoms with van der Waals surface area (Å²) in [6, 6.07) is 12.3. The molecule has 0 bridgehead atoms. The number of benzene rings is 2. The Hall–Kier alpha value is -3.42. The minimum Gasteiger partial charge on any atom is -0.495 e. The van der Waals surface area contributed by atoms with Crippen molar-refractivity contribution >= 4 is 17.6 Å². The number of hydrogen-bond donors (Lipinski definition) is 2. The van der Waals surface area contributed by atoms with Gasteiger partial charge in [-0.3, -0.25) is 4.79 Å². The quantitative estimate of drug-likeness (QED) is 0.707. The molecule has 8 heteroatoms. The molecule has 0 saturated carbocycles. The van der Waals surface area contributed by atoms with E-state index in [-0.39, 0.29) is 11.9 Å². The molecular weight excluding hydrogens is 398 g/mol. The van der Waals surface area contributed by atoms with Crippen LogP contribution in [0.2, 0.25) is 0 Å². The second-order valence-electron chi connectivity index (χ2n) is 7.34. The number of amides is 3. The summed E-state index contributed by atoms with van der Waals surface area (Å²) in [5, 5.41) is 5.89. The van der Waals surface area contributed by atoms with Crippen molar-refractivity contribution in [3.8, 4) is 17.2 Å². The van der Waals surface area contributed by atoms with E-state index in [0.29, 0.717) is 54.1 Å². The first-order valence-electron chi connectivity index (χ1n) is 10.2. The van der Waals surface area contributed by atoms with E-state index in [9.17, 15) is 9.59 Å². The predicted octanol–water partition coefficient (Wildman–Crippen LogP) is 3.39. The first-order valence-corrected chi connectivity index (χ1v) is 10.2. The summed E-state index contributed by atoms with van der Waals surface area (Å²) in [5.74, 6) is 1.89. The van der Waals surface area contributed by atoms with Gasteiger partial charge in [0.05, 0.1) is 27.0 Å². The highest BCUT2D eigenvalue weighted by Gasteiger charge is 2.24. The molecule has 1 aliphatic heterocycles. The molecule has 166 valence electrons. The Balaban J connectivity index is 1.47. The van der Waals surface area contributed by atoms with Crippen molar-refractivity contribution in [1.29, 1.82) is 0 Å². The average molecular weight is 428 g/mol. The van der Waals surface area contributed by atoms with Crippen molar-refractivity contribution in [2.75, 3.05) is 46.3 Å². The Morgan fingerprint density at radius 2 is 1.61 bits per heavy atom. The second-order valence-corrected chi connectivity index (χ2v) is 7.34. The highest BCUT2D eigenvalue weighted by Crippen LogP contribution is 2.28. The lowest BCUT2D eigenvalue weighted by Crippen LogP contribution is -2.43. The number of carbonyl (C=O) groups excluding carboxylic acids is 2. The first kappa shape index (κ1) is 22.3. The fourth-order valence-corrected chi connectivity index (χ4v) is 3.60. The summed E-state index contributed by atoms with van der Waals surface area (Å²) in [6.45, 7) is 1.84. The number of hydrogen-bond acceptors (Lipinski definition) is 5. The van der Waals surface area contributed by atoms with Gasteiger partial charge in [-0.05, 0) is 49.1 Å². The number of piperidine rings is 1. The van der Waals surface area contributed by atoms with Crippen LogP contribution in [0.1, 0.15) is 23.2 Å². The number of nitrogens with zero attached hydrogens (tertiary/aromatic N) is 1. The van der Waals surface area contributed by atoms with E-state index in [0.717, 1.165) is 12.8 Å². The SMILES string of the molecule is COc1ccccc1NC(=O)N1CCC(CNC(=O)c2ccc(OC)c(OC)c2)CC1. The van der Waals surface area contributed by atoms with E-state index < -0.39 is 0 Å². The topological polar surface area (TPSA) is 89.1 Å². The number of methoxy groups -OCH3 is 3. The maximum absolute atomic E-state index is 12.6. The number of nitrogens with one attached hydrogen (secondary N) is 2. The molecule has 0 radical (unpaired) electrons. The minimum atomic E-state index is -0.155. The monoisotopic (exact) mass is 427 g/mol. The van der Waals surface area contributed by atoms with E-state index in [1.54, 1.807) is 37.3 Å². The third kappa shape index (κ3) is 5.59. The molecule has 0 aliphatic carbocycles. The normalized spacial score (nSPS) is 14.0. The van der Waals surface area contributed by atoms with Crippen LogP contribution in [-0.2, 0) is 0 Å². The van der Waals surface area contributed by atoms with Gasteiger partial charge in [0.2, 0.25) is 0 Å². The molecule has 0 aromatic heterocycles. The highest BCUT2D eigenvalue weighted by atomic mass is 16.5. The Morgan fingerprint density at radius 1 is 0.935 bits per heavy atom. The summed E-state index contributed by atoms with van der Waals surface area (Å²) < 4.78 is 15.7. The van der Waals surface area contributed by atoms with E-state index in [4.69, 9.17) is 14.2 Å². The minimum absolute atomic E-state index is 0.141. The van der Waals surface area contributed by atoms with E-state index in [2.05, 4.69) is 10.6 Å². The molecule has 2 N–H and O–H groups in total. The molecule has 0 spiro atoms. The third-order valence-corrected chi connectivity index (χ3v) is 5.45. The van der Waals surface area contributed by atoms with Crippen molar-refractivity contribution in [1.82, 2.24) is 10.2 Å². The number of carbonyl (C=O) groups is 2. The van der Waals surface area contributed by atoms with Gasteiger partial charge in [-0.1, -0.05) is 12.1 Å². The van der Waals surface area contributed by atoms with Crippen molar-refractivity contribution in [3.63, 3.8) is 0 Å². The number of ether oxygens (including phenoxy) is 3. The molecule has 1 aliphatic rings. The maximum Gasteiger partial charge on any atom is 0.321 e. The molecular formula is C23H29N3O5. The fourth-order valence-electron chi connectivity index (χ4n) is 3.60. The molecule has 1 fully saturated rings. The van der Waals surface area contributed by atoms with Gasteiger partial charge in [-0.15, -0.1) is 0 Å². The number of anilines is 1. The van der Waals surface area contributed by atoms with Crippen LogP contribution in [0.3, 0.4) is 0 Å². The van der Waals surface area contributed by atoms with Gasteiger partial charge in [-0.25, -0.2) is 4.79 Å². The lowest BCUT2D eigenvalue weighted by atomic mass is 9.97. The lowest BCUT2D eigenvalue weighted by Gasteiger charge is -2.32. The van der Waals surface area contributed by atoms with Crippen LogP contribution in [0.25, 0.3) is 0 Å². The largest absolute Gasteiger partial charge is 0.495 e. The zero-order valence-electron chi connectivity index (χ0n) is 18.1. The Morgan fingerprint density at radius 3 is 2.29 bits per heavy atom. The van der Waals surface area contributed by atoms with Crippen LogP contribution < -0.4 is 24.8 Å². The van der Waals surface area contributed by atoms with Crippen molar-refractivity contribution in [2.24, 2.45) is 5.92 Å². The van der Waals surface area contributed by atoms with Gasteiger partial charge >= 0.3 is 6.03 Å². The zero-order valence-corrected chi connectivity index (χ0v) is 18.1. The standard InChI is InChI=1S/C23H29N3O5/c1-29-19-7-5-4-6-18(19)25-23(28)26-12-10-16(11-13-26)15-24-22(27)17-8-9-20(30-2)21(14-17)31-3/h4-9,14,16H,10-13,15H2,1-3H3,(H,24,27)(H,25,28). The second kappa shape index (κ2) is 10.6. The highest BCUT2D eigenvalue weighted by molar-refractivity contribution is 5.95. The summed E-state index contributed by atoms with van der Waals surface area (Å²) in [4.78, 5) is 26.9. The summed E-state index contributed by atoms with van der Waals surface area (Å²) in [7, 11) is 4.67. The molecule has 31 heavy (non-hydrogen) atoms. The van der Waals surface area contributed by atoms with Gasteiger partial charge in [-0.2, -0.15) is 0 Å². The fraction of sp³-hybridized carbons (Fsp3) is 0.391.